The Balaban J connectivity index is 2.51. The first kappa shape index (κ1) is 13.8. The second-order valence-corrected chi connectivity index (χ2v) is 4.59. The van der Waals surface area contributed by atoms with Crippen LogP contribution in [0.25, 0.3) is 10.8 Å². The molecule has 1 unspecified atom stereocenters. The Hall–Kier alpha value is -2.63. The maximum Gasteiger partial charge on any atom is 0.325 e. The van der Waals surface area contributed by atoms with Crippen LogP contribution in [-0.2, 0) is 4.79 Å². The van der Waals surface area contributed by atoms with Crippen LogP contribution in [0.2, 0.25) is 0 Å². The molecule has 6 heteroatoms. The number of carbonyl (C=O) groups excluding carboxylic acids is 1. The van der Waals surface area contributed by atoms with Crippen LogP contribution >= 0.6 is 0 Å². The van der Waals surface area contributed by atoms with Gasteiger partial charge < -0.3 is 16.2 Å². The standard InChI is InChI=1S/C14H15N3O3/c1-7-6-16-12(13(18)17-8(2)14(19)20)9-4-3-5-10(15)11(7)9/h3-6,8H,15H2,1-2H3,(H,17,18)(H,19,20). The third kappa shape index (κ3) is 2.40. The third-order valence-electron chi connectivity index (χ3n) is 3.07. The number of hydrogen-bond acceptors (Lipinski definition) is 4. The van der Waals surface area contributed by atoms with Crippen molar-refractivity contribution in [1.82, 2.24) is 10.3 Å². The van der Waals surface area contributed by atoms with Gasteiger partial charge in [-0.25, -0.2) is 0 Å². The third-order valence-corrected chi connectivity index (χ3v) is 3.07. The fraction of sp³-hybridized carbons (Fsp3) is 0.214. The van der Waals surface area contributed by atoms with Crippen LogP contribution in [0.5, 0.6) is 0 Å². The lowest BCUT2D eigenvalue weighted by Gasteiger charge is -2.12. The van der Waals surface area contributed by atoms with Gasteiger partial charge in [0.1, 0.15) is 11.7 Å². The molecule has 4 N–H and O–H groups in total. The number of amides is 1. The number of aliphatic carboxylic acids is 1. The Morgan fingerprint density at radius 1 is 1.40 bits per heavy atom. The van der Waals surface area contributed by atoms with Crippen LogP contribution in [0.3, 0.4) is 0 Å². The summed E-state index contributed by atoms with van der Waals surface area (Å²) < 4.78 is 0. The van der Waals surface area contributed by atoms with E-state index in [9.17, 15) is 9.59 Å². The second-order valence-electron chi connectivity index (χ2n) is 4.59. The van der Waals surface area contributed by atoms with Gasteiger partial charge in [-0.1, -0.05) is 12.1 Å². The number of hydrogen-bond donors (Lipinski definition) is 3. The Bertz CT molecular complexity index is 689. The van der Waals surface area contributed by atoms with Crippen molar-refractivity contribution in [2.75, 3.05) is 5.73 Å². The van der Waals surface area contributed by atoms with E-state index in [4.69, 9.17) is 10.8 Å². The number of rotatable bonds is 3. The van der Waals surface area contributed by atoms with Gasteiger partial charge in [0, 0.05) is 22.7 Å². The van der Waals surface area contributed by atoms with Crippen molar-refractivity contribution in [1.29, 1.82) is 0 Å². The van der Waals surface area contributed by atoms with Gasteiger partial charge in [-0.15, -0.1) is 0 Å². The molecule has 0 aliphatic heterocycles. The van der Waals surface area contributed by atoms with Gasteiger partial charge >= 0.3 is 5.97 Å². The summed E-state index contributed by atoms with van der Waals surface area (Å²) in [6.45, 7) is 3.25. The largest absolute Gasteiger partial charge is 0.480 e. The molecule has 20 heavy (non-hydrogen) atoms. The van der Waals surface area contributed by atoms with Crippen LogP contribution in [0.4, 0.5) is 5.69 Å². The highest BCUT2D eigenvalue weighted by Crippen LogP contribution is 2.26. The molecule has 0 aliphatic rings. The Morgan fingerprint density at radius 2 is 2.10 bits per heavy atom. The first-order chi connectivity index (χ1) is 9.41. The average Bonchev–Trinajstić information content (AvgIpc) is 2.38. The summed E-state index contributed by atoms with van der Waals surface area (Å²) in [7, 11) is 0. The first-order valence-corrected chi connectivity index (χ1v) is 6.09. The number of nitrogens with zero attached hydrogens (tertiary/aromatic N) is 1. The van der Waals surface area contributed by atoms with Crippen molar-refractivity contribution in [2.45, 2.75) is 19.9 Å². The van der Waals surface area contributed by atoms with Crippen LogP contribution in [0, 0.1) is 6.92 Å². The van der Waals surface area contributed by atoms with Crippen LogP contribution in [-0.4, -0.2) is 28.0 Å². The summed E-state index contributed by atoms with van der Waals surface area (Å²) in [6.07, 6.45) is 1.55. The zero-order valence-corrected chi connectivity index (χ0v) is 11.2. The molecule has 0 saturated carbocycles. The Labute approximate surface area is 115 Å². The van der Waals surface area contributed by atoms with E-state index in [-0.39, 0.29) is 5.69 Å². The molecule has 1 heterocycles. The fourth-order valence-corrected chi connectivity index (χ4v) is 2.01. The molecule has 1 aromatic carbocycles. The number of aryl methyl sites for hydroxylation is 1. The topological polar surface area (TPSA) is 105 Å². The van der Waals surface area contributed by atoms with Gasteiger partial charge in [0.25, 0.3) is 5.91 Å². The van der Waals surface area contributed by atoms with Crippen molar-refractivity contribution >= 4 is 28.3 Å². The number of carboxylic acids is 1. The second kappa shape index (κ2) is 5.16. The van der Waals surface area contributed by atoms with Crippen molar-refractivity contribution in [3.05, 3.63) is 35.7 Å². The molecule has 104 valence electrons. The molecule has 1 atom stereocenters. The van der Waals surface area contributed by atoms with E-state index in [1.54, 1.807) is 24.4 Å². The Morgan fingerprint density at radius 3 is 2.75 bits per heavy atom. The molecule has 0 fully saturated rings. The van der Waals surface area contributed by atoms with Gasteiger partial charge in [0.15, 0.2) is 0 Å². The minimum atomic E-state index is -1.10. The molecule has 1 aromatic heterocycles. The first-order valence-electron chi connectivity index (χ1n) is 6.09. The van der Waals surface area contributed by atoms with Crippen molar-refractivity contribution in [3.8, 4) is 0 Å². The van der Waals surface area contributed by atoms with E-state index >= 15 is 0 Å². The maximum atomic E-state index is 12.1. The number of carbonyl (C=O) groups is 2. The zero-order chi connectivity index (χ0) is 14.9. The van der Waals surface area contributed by atoms with E-state index in [1.807, 2.05) is 6.92 Å². The number of nitrogens with one attached hydrogen (secondary N) is 1. The summed E-state index contributed by atoms with van der Waals surface area (Å²) >= 11 is 0. The summed E-state index contributed by atoms with van der Waals surface area (Å²) in [5.41, 5.74) is 7.51. The molecule has 2 rings (SSSR count). The number of aromatic nitrogens is 1. The number of pyridine rings is 1. The number of nitrogen functional groups attached to an aromatic ring is 1. The van der Waals surface area contributed by atoms with E-state index in [1.165, 1.54) is 6.92 Å². The van der Waals surface area contributed by atoms with E-state index < -0.39 is 17.9 Å². The minimum Gasteiger partial charge on any atom is -0.480 e. The van der Waals surface area contributed by atoms with Crippen molar-refractivity contribution in [2.24, 2.45) is 0 Å². The van der Waals surface area contributed by atoms with Gasteiger partial charge in [-0.2, -0.15) is 0 Å². The van der Waals surface area contributed by atoms with Crippen LogP contribution in [0.1, 0.15) is 23.0 Å². The fourth-order valence-electron chi connectivity index (χ4n) is 2.01. The van der Waals surface area contributed by atoms with E-state index in [2.05, 4.69) is 10.3 Å². The molecule has 0 spiro atoms. The van der Waals surface area contributed by atoms with E-state index in [0.29, 0.717) is 11.1 Å². The number of anilines is 1. The molecule has 2 aromatic rings. The monoisotopic (exact) mass is 273 g/mol. The van der Waals surface area contributed by atoms with Crippen LogP contribution in [0.15, 0.2) is 24.4 Å². The summed E-state index contributed by atoms with van der Waals surface area (Å²) in [4.78, 5) is 27.0. The van der Waals surface area contributed by atoms with Crippen molar-refractivity contribution < 1.29 is 14.7 Å². The summed E-state index contributed by atoms with van der Waals surface area (Å²) in [5.74, 6) is -1.63. The highest BCUT2D eigenvalue weighted by Gasteiger charge is 2.19. The van der Waals surface area contributed by atoms with Gasteiger partial charge in [0.2, 0.25) is 0 Å². The molecule has 0 saturated heterocycles. The average molecular weight is 273 g/mol. The number of nitrogens with two attached hydrogens (primary N) is 1. The lowest BCUT2D eigenvalue weighted by atomic mass is 10.0. The number of carboxylic acid groups (broad SMARTS) is 1. The smallest absolute Gasteiger partial charge is 0.325 e. The Kier molecular flexibility index (Phi) is 3.56. The van der Waals surface area contributed by atoms with Gasteiger partial charge in [0.05, 0.1) is 0 Å². The lowest BCUT2D eigenvalue weighted by molar-refractivity contribution is -0.138. The predicted octanol–water partition coefficient (Wildman–Crippen LogP) is 1.33. The quantitative estimate of drug-likeness (QED) is 0.731. The maximum absolute atomic E-state index is 12.1. The highest BCUT2D eigenvalue weighted by molar-refractivity contribution is 6.09. The SMILES string of the molecule is Cc1cnc(C(=O)NC(C)C(=O)O)c2cccc(N)c12. The lowest BCUT2D eigenvalue weighted by Crippen LogP contribution is -2.38. The van der Waals surface area contributed by atoms with Gasteiger partial charge in [-0.3, -0.25) is 14.6 Å². The molecule has 1 amide bonds. The van der Waals surface area contributed by atoms with Crippen molar-refractivity contribution in [3.63, 3.8) is 0 Å². The van der Waals surface area contributed by atoms with E-state index in [0.717, 1.165) is 10.9 Å². The summed E-state index contributed by atoms with van der Waals surface area (Å²) in [5, 5.41) is 12.6. The minimum absolute atomic E-state index is 0.172. The zero-order valence-electron chi connectivity index (χ0n) is 11.2. The number of fused-ring (bicyclic) bond motifs is 1. The van der Waals surface area contributed by atoms with Gasteiger partial charge in [-0.05, 0) is 25.5 Å². The molecular formula is C14H15N3O3. The van der Waals surface area contributed by atoms with Crippen LogP contribution < -0.4 is 11.1 Å². The predicted molar refractivity (Wildman–Crippen MR) is 75.5 cm³/mol. The highest BCUT2D eigenvalue weighted by atomic mass is 16.4. The molecule has 0 bridgehead atoms. The number of benzene rings is 1. The molecule has 6 nitrogen and oxygen atoms in total. The molecular weight excluding hydrogens is 258 g/mol. The summed E-state index contributed by atoms with van der Waals surface area (Å²) in [6, 6.07) is 4.24. The molecule has 0 radical (unpaired) electrons. The molecule has 0 aliphatic carbocycles. The normalized spacial score (nSPS) is 12.1.